The van der Waals surface area contributed by atoms with Crippen molar-refractivity contribution in [2.75, 3.05) is 6.61 Å². The Morgan fingerprint density at radius 1 is 1.33 bits per heavy atom. The van der Waals surface area contributed by atoms with Crippen LogP contribution < -0.4 is 5.73 Å². The van der Waals surface area contributed by atoms with Gasteiger partial charge >= 0.3 is 0 Å². The average molecular weight is 263 g/mol. The van der Waals surface area contributed by atoms with Crippen LogP contribution in [0.15, 0.2) is 30.5 Å². The van der Waals surface area contributed by atoms with Crippen LogP contribution in [0.5, 0.6) is 0 Å². The lowest BCUT2D eigenvalue weighted by atomic mass is 9.96. The molecule has 0 amide bonds. The summed E-state index contributed by atoms with van der Waals surface area (Å²) in [5.41, 5.74) is 8.02. The maximum Gasteiger partial charge on any atom is 0.0860 e. The van der Waals surface area contributed by atoms with Crippen LogP contribution in [-0.4, -0.2) is 17.6 Å². The van der Waals surface area contributed by atoms with Crippen molar-refractivity contribution >= 4 is 22.5 Å². The maximum atomic E-state index is 6.19. The van der Waals surface area contributed by atoms with Gasteiger partial charge in [-0.05, 0) is 31.0 Å². The fourth-order valence-corrected chi connectivity index (χ4v) is 2.67. The predicted octanol–water partition coefficient (Wildman–Crippen LogP) is 3.07. The fourth-order valence-electron chi connectivity index (χ4n) is 2.46. The number of aromatic nitrogens is 1. The Morgan fingerprint density at radius 3 is 3.06 bits per heavy atom. The van der Waals surface area contributed by atoms with Crippen molar-refractivity contribution in [3.63, 3.8) is 0 Å². The van der Waals surface area contributed by atoms with Crippen molar-refractivity contribution in [2.24, 2.45) is 5.73 Å². The van der Waals surface area contributed by atoms with E-state index in [2.05, 4.69) is 4.98 Å². The Morgan fingerprint density at radius 2 is 2.22 bits per heavy atom. The lowest BCUT2D eigenvalue weighted by Gasteiger charge is -2.28. The minimum atomic E-state index is 0.0309. The van der Waals surface area contributed by atoms with E-state index in [1.807, 2.05) is 24.3 Å². The van der Waals surface area contributed by atoms with Gasteiger partial charge in [-0.2, -0.15) is 0 Å². The zero-order valence-electron chi connectivity index (χ0n) is 9.97. The maximum absolute atomic E-state index is 6.19. The summed E-state index contributed by atoms with van der Waals surface area (Å²) >= 11 is 6.19. The first-order chi connectivity index (χ1) is 8.75. The van der Waals surface area contributed by atoms with E-state index < -0.39 is 0 Å². The highest BCUT2D eigenvalue weighted by molar-refractivity contribution is 6.35. The van der Waals surface area contributed by atoms with E-state index in [0.717, 1.165) is 34.3 Å². The number of pyridine rings is 1. The van der Waals surface area contributed by atoms with E-state index >= 15 is 0 Å². The normalized spacial score (nSPS) is 24.3. The Balaban J connectivity index is 2.09. The highest BCUT2D eigenvalue weighted by Crippen LogP contribution is 2.34. The molecule has 1 fully saturated rings. The Hall–Kier alpha value is -1.16. The largest absolute Gasteiger partial charge is 0.373 e. The SMILES string of the molecule is NC1CCOC(c2ccc(Cl)c3cccnc23)C1. The first-order valence-corrected chi connectivity index (χ1v) is 6.54. The molecule has 2 heterocycles. The van der Waals surface area contributed by atoms with E-state index in [4.69, 9.17) is 22.1 Å². The van der Waals surface area contributed by atoms with Gasteiger partial charge in [-0.15, -0.1) is 0 Å². The van der Waals surface area contributed by atoms with E-state index in [1.54, 1.807) is 6.20 Å². The van der Waals surface area contributed by atoms with Gasteiger partial charge in [0.15, 0.2) is 0 Å². The zero-order chi connectivity index (χ0) is 12.5. The number of hydrogen-bond acceptors (Lipinski definition) is 3. The quantitative estimate of drug-likeness (QED) is 0.859. The second kappa shape index (κ2) is 4.84. The Labute approximate surface area is 111 Å². The van der Waals surface area contributed by atoms with E-state index in [1.165, 1.54) is 0 Å². The molecular weight excluding hydrogens is 248 g/mol. The molecule has 2 aromatic rings. The molecule has 1 saturated heterocycles. The highest BCUT2D eigenvalue weighted by Gasteiger charge is 2.23. The summed E-state index contributed by atoms with van der Waals surface area (Å²) in [5.74, 6) is 0. The fraction of sp³-hybridized carbons (Fsp3) is 0.357. The Bertz CT molecular complexity index is 573. The summed E-state index contributed by atoms with van der Waals surface area (Å²) in [7, 11) is 0. The van der Waals surface area contributed by atoms with Crippen LogP contribution in [0.25, 0.3) is 10.9 Å². The first kappa shape index (κ1) is 11.9. The number of rotatable bonds is 1. The van der Waals surface area contributed by atoms with Gasteiger partial charge in [-0.3, -0.25) is 4.98 Å². The van der Waals surface area contributed by atoms with E-state index in [9.17, 15) is 0 Å². The molecule has 0 bridgehead atoms. The van der Waals surface area contributed by atoms with Crippen molar-refractivity contribution in [3.8, 4) is 0 Å². The third-order valence-corrected chi connectivity index (χ3v) is 3.75. The van der Waals surface area contributed by atoms with Crippen molar-refractivity contribution in [1.82, 2.24) is 4.98 Å². The highest BCUT2D eigenvalue weighted by atomic mass is 35.5. The second-order valence-corrected chi connectivity index (χ2v) is 5.09. The van der Waals surface area contributed by atoms with Crippen LogP contribution in [0.4, 0.5) is 0 Å². The minimum Gasteiger partial charge on any atom is -0.373 e. The second-order valence-electron chi connectivity index (χ2n) is 4.68. The number of ether oxygens (including phenoxy) is 1. The molecule has 1 aromatic carbocycles. The summed E-state index contributed by atoms with van der Waals surface area (Å²) in [6.07, 6.45) is 3.58. The molecule has 18 heavy (non-hydrogen) atoms. The van der Waals surface area contributed by atoms with Gasteiger partial charge in [0.05, 0.1) is 11.6 Å². The summed E-state index contributed by atoms with van der Waals surface area (Å²) in [5, 5.41) is 1.70. The number of fused-ring (bicyclic) bond motifs is 1. The molecular formula is C14H15ClN2O. The molecule has 2 unspecified atom stereocenters. The standard InChI is InChI=1S/C14H15ClN2O/c15-12-4-3-11(13-8-9(16)5-7-18-13)14-10(12)2-1-6-17-14/h1-4,6,9,13H,5,7-8,16H2. The van der Waals surface area contributed by atoms with Gasteiger partial charge < -0.3 is 10.5 Å². The molecule has 1 aliphatic heterocycles. The summed E-state index contributed by atoms with van der Waals surface area (Å²) < 4.78 is 5.82. The van der Waals surface area contributed by atoms with Crippen LogP contribution in [0.2, 0.25) is 5.02 Å². The van der Waals surface area contributed by atoms with Crippen molar-refractivity contribution < 1.29 is 4.74 Å². The molecule has 0 aliphatic carbocycles. The van der Waals surface area contributed by atoms with Gasteiger partial charge in [0.2, 0.25) is 0 Å². The third kappa shape index (κ3) is 2.09. The smallest absolute Gasteiger partial charge is 0.0860 e. The summed E-state index contributed by atoms with van der Waals surface area (Å²) in [6, 6.07) is 7.99. The molecule has 2 atom stereocenters. The molecule has 94 valence electrons. The van der Waals surface area contributed by atoms with Crippen LogP contribution in [-0.2, 0) is 4.74 Å². The lowest BCUT2D eigenvalue weighted by Crippen LogP contribution is -2.30. The van der Waals surface area contributed by atoms with E-state index in [0.29, 0.717) is 6.61 Å². The molecule has 0 spiro atoms. The zero-order valence-corrected chi connectivity index (χ0v) is 10.7. The van der Waals surface area contributed by atoms with Crippen molar-refractivity contribution in [3.05, 3.63) is 41.0 Å². The molecule has 1 aromatic heterocycles. The molecule has 2 N–H and O–H groups in total. The molecule has 4 heteroatoms. The van der Waals surface area contributed by atoms with Gasteiger partial charge in [-0.25, -0.2) is 0 Å². The van der Waals surface area contributed by atoms with Gasteiger partial charge in [0.25, 0.3) is 0 Å². The molecule has 1 aliphatic rings. The van der Waals surface area contributed by atoms with Crippen molar-refractivity contribution in [2.45, 2.75) is 25.0 Å². The van der Waals surface area contributed by atoms with Crippen LogP contribution in [0.3, 0.4) is 0 Å². The van der Waals surface area contributed by atoms with Gasteiger partial charge in [0, 0.05) is 34.8 Å². The number of nitrogens with zero attached hydrogens (tertiary/aromatic N) is 1. The van der Waals surface area contributed by atoms with Crippen LogP contribution in [0, 0.1) is 0 Å². The molecule has 0 radical (unpaired) electrons. The number of benzene rings is 1. The van der Waals surface area contributed by atoms with Crippen LogP contribution in [0.1, 0.15) is 24.5 Å². The first-order valence-electron chi connectivity index (χ1n) is 6.16. The topological polar surface area (TPSA) is 48.1 Å². The minimum absolute atomic E-state index is 0.0309. The summed E-state index contributed by atoms with van der Waals surface area (Å²) in [4.78, 5) is 4.44. The number of halogens is 1. The summed E-state index contributed by atoms with van der Waals surface area (Å²) in [6.45, 7) is 0.711. The van der Waals surface area contributed by atoms with Gasteiger partial charge in [0.1, 0.15) is 0 Å². The van der Waals surface area contributed by atoms with Crippen molar-refractivity contribution in [1.29, 1.82) is 0 Å². The molecule has 0 saturated carbocycles. The average Bonchev–Trinajstić information content (AvgIpc) is 2.39. The van der Waals surface area contributed by atoms with E-state index in [-0.39, 0.29) is 12.1 Å². The number of hydrogen-bond donors (Lipinski definition) is 1. The van der Waals surface area contributed by atoms with Gasteiger partial charge in [-0.1, -0.05) is 17.7 Å². The molecule has 3 nitrogen and oxygen atoms in total. The third-order valence-electron chi connectivity index (χ3n) is 3.42. The lowest BCUT2D eigenvalue weighted by molar-refractivity contribution is 0.00745. The monoisotopic (exact) mass is 262 g/mol. The predicted molar refractivity (Wildman–Crippen MR) is 72.7 cm³/mol. The molecule has 3 rings (SSSR count). The Kier molecular flexibility index (Phi) is 3.20. The number of nitrogens with two attached hydrogens (primary N) is 1. The van der Waals surface area contributed by atoms with Crippen LogP contribution >= 0.6 is 11.6 Å².